The molecule has 2 N–H and O–H groups in total. The van der Waals surface area contributed by atoms with Crippen molar-refractivity contribution >= 4 is 11.6 Å². The van der Waals surface area contributed by atoms with E-state index in [1.807, 2.05) is 6.92 Å². The van der Waals surface area contributed by atoms with Crippen molar-refractivity contribution in [2.24, 2.45) is 0 Å². The molecule has 7 heteroatoms. The summed E-state index contributed by atoms with van der Waals surface area (Å²) < 4.78 is 5.79. The van der Waals surface area contributed by atoms with Crippen LogP contribution in [0.5, 0.6) is 0 Å². The minimum atomic E-state index is -0.130. The summed E-state index contributed by atoms with van der Waals surface area (Å²) in [7, 11) is 0. The van der Waals surface area contributed by atoms with E-state index in [1.54, 1.807) is 24.7 Å². The van der Waals surface area contributed by atoms with Crippen LogP contribution in [0.15, 0.2) is 24.7 Å². The predicted octanol–water partition coefficient (Wildman–Crippen LogP) is 0.735. The number of hydrogen-bond acceptors (Lipinski definition) is 7. The molecule has 1 fully saturated rings. The Morgan fingerprint density at radius 2 is 2.25 bits per heavy atom. The van der Waals surface area contributed by atoms with Crippen molar-refractivity contribution in [1.29, 1.82) is 0 Å². The van der Waals surface area contributed by atoms with Crippen LogP contribution in [0.25, 0.3) is 0 Å². The molecule has 0 radical (unpaired) electrons. The zero-order valence-corrected chi connectivity index (χ0v) is 11.2. The minimum absolute atomic E-state index is 0.130. The van der Waals surface area contributed by atoms with Crippen LogP contribution in [0.2, 0.25) is 0 Å². The molecule has 0 bridgehead atoms. The highest BCUT2D eigenvalue weighted by molar-refractivity contribution is 5.37. The first kappa shape index (κ1) is 12.7. The van der Waals surface area contributed by atoms with Gasteiger partial charge >= 0.3 is 0 Å². The number of nitrogens with zero attached hydrogens (tertiary/aromatic N) is 5. The number of rotatable bonds is 2. The fraction of sp³-hybridized carbons (Fsp3) is 0.385. The molecule has 20 heavy (non-hydrogen) atoms. The van der Waals surface area contributed by atoms with Crippen LogP contribution in [0, 0.1) is 6.92 Å². The van der Waals surface area contributed by atoms with Crippen molar-refractivity contribution in [3.8, 4) is 0 Å². The molecule has 3 rings (SSSR count). The van der Waals surface area contributed by atoms with Crippen molar-refractivity contribution in [2.45, 2.75) is 13.0 Å². The topological polar surface area (TPSA) is 90.1 Å². The van der Waals surface area contributed by atoms with Gasteiger partial charge in [-0.1, -0.05) is 0 Å². The van der Waals surface area contributed by atoms with Crippen LogP contribution in [0.3, 0.4) is 0 Å². The van der Waals surface area contributed by atoms with Gasteiger partial charge in [0.15, 0.2) is 0 Å². The Morgan fingerprint density at radius 3 is 3.00 bits per heavy atom. The van der Waals surface area contributed by atoms with Crippen molar-refractivity contribution < 1.29 is 4.74 Å². The number of hydrogen-bond donors (Lipinski definition) is 1. The third-order valence-electron chi connectivity index (χ3n) is 3.15. The number of morpholine rings is 1. The van der Waals surface area contributed by atoms with Crippen molar-refractivity contribution in [3.63, 3.8) is 0 Å². The number of ether oxygens (including phenoxy) is 1. The summed E-state index contributed by atoms with van der Waals surface area (Å²) in [5, 5.41) is 0. The largest absolute Gasteiger partial charge is 0.384 e. The quantitative estimate of drug-likeness (QED) is 0.862. The molecule has 0 amide bonds. The number of aryl methyl sites for hydroxylation is 1. The average molecular weight is 272 g/mol. The normalized spacial score (nSPS) is 19.1. The fourth-order valence-electron chi connectivity index (χ4n) is 2.27. The first-order chi connectivity index (χ1) is 9.72. The highest BCUT2D eigenvalue weighted by Crippen LogP contribution is 2.24. The lowest BCUT2D eigenvalue weighted by molar-refractivity contribution is 0.0366. The van der Waals surface area contributed by atoms with Gasteiger partial charge in [0.05, 0.1) is 25.0 Å². The van der Waals surface area contributed by atoms with Crippen LogP contribution in [0.1, 0.15) is 17.6 Å². The molecular weight excluding hydrogens is 256 g/mol. The summed E-state index contributed by atoms with van der Waals surface area (Å²) in [5.74, 6) is 1.97. The lowest BCUT2D eigenvalue weighted by atomic mass is 10.2. The second-order valence-electron chi connectivity index (χ2n) is 4.63. The lowest BCUT2D eigenvalue weighted by Gasteiger charge is -2.33. The molecule has 2 aromatic rings. The van der Waals surface area contributed by atoms with Gasteiger partial charge < -0.3 is 15.4 Å². The fourth-order valence-corrected chi connectivity index (χ4v) is 2.27. The number of anilines is 2. The minimum Gasteiger partial charge on any atom is -0.384 e. The first-order valence-electron chi connectivity index (χ1n) is 6.46. The predicted molar refractivity (Wildman–Crippen MR) is 74.1 cm³/mol. The Kier molecular flexibility index (Phi) is 3.42. The van der Waals surface area contributed by atoms with Crippen LogP contribution in [-0.2, 0) is 4.74 Å². The number of aromatic nitrogens is 4. The highest BCUT2D eigenvalue weighted by atomic mass is 16.5. The third kappa shape index (κ3) is 2.67. The maximum absolute atomic E-state index is 5.79. The van der Waals surface area contributed by atoms with E-state index in [9.17, 15) is 0 Å². The monoisotopic (exact) mass is 272 g/mol. The molecule has 0 saturated carbocycles. The number of nitrogen functional groups attached to an aromatic ring is 1. The van der Waals surface area contributed by atoms with E-state index in [0.29, 0.717) is 24.8 Å². The molecule has 1 unspecified atom stereocenters. The average Bonchev–Trinajstić information content (AvgIpc) is 2.47. The summed E-state index contributed by atoms with van der Waals surface area (Å²) in [6.07, 6.45) is 4.97. The van der Waals surface area contributed by atoms with E-state index >= 15 is 0 Å². The Hall–Kier alpha value is -2.28. The van der Waals surface area contributed by atoms with Crippen LogP contribution < -0.4 is 10.6 Å². The second-order valence-corrected chi connectivity index (χ2v) is 4.63. The SMILES string of the molecule is Cc1nc(N)cc(C2CN(c3cnccn3)CCO2)n1. The van der Waals surface area contributed by atoms with Crippen LogP contribution >= 0.6 is 0 Å². The van der Waals surface area contributed by atoms with Crippen molar-refractivity contribution in [1.82, 2.24) is 19.9 Å². The Bertz CT molecular complexity index is 570. The molecule has 1 aliphatic rings. The van der Waals surface area contributed by atoms with Gasteiger partial charge in [-0.25, -0.2) is 15.0 Å². The summed E-state index contributed by atoms with van der Waals surface area (Å²) in [6.45, 7) is 3.90. The van der Waals surface area contributed by atoms with E-state index in [2.05, 4.69) is 24.8 Å². The Labute approximate surface area is 116 Å². The van der Waals surface area contributed by atoms with E-state index in [0.717, 1.165) is 18.1 Å². The molecule has 104 valence electrons. The van der Waals surface area contributed by atoms with E-state index in [1.165, 1.54) is 0 Å². The zero-order chi connectivity index (χ0) is 13.9. The molecule has 1 atom stereocenters. The summed E-state index contributed by atoms with van der Waals surface area (Å²) in [4.78, 5) is 19.0. The van der Waals surface area contributed by atoms with Crippen LogP contribution in [0.4, 0.5) is 11.6 Å². The Morgan fingerprint density at radius 1 is 1.35 bits per heavy atom. The van der Waals surface area contributed by atoms with Gasteiger partial charge in [0.25, 0.3) is 0 Å². The summed E-state index contributed by atoms with van der Waals surface area (Å²) >= 11 is 0. The van der Waals surface area contributed by atoms with Gasteiger partial charge in [0.1, 0.15) is 23.6 Å². The molecule has 7 nitrogen and oxygen atoms in total. The molecule has 1 aliphatic heterocycles. The molecule has 0 aliphatic carbocycles. The highest BCUT2D eigenvalue weighted by Gasteiger charge is 2.24. The van der Waals surface area contributed by atoms with Gasteiger partial charge in [0, 0.05) is 25.0 Å². The van der Waals surface area contributed by atoms with E-state index in [-0.39, 0.29) is 6.10 Å². The second kappa shape index (κ2) is 5.38. The first-order valence-corrected chi connectivity index (χ1v) is 6.46. The van der Waals surface area contributed by atoms with E-state index < -0.39 is 0 Å². The molecule has 0 aromatic carbocycles. The van der Waals surface area contributed by atoms with Gasteiger partial charge in [0.2, 0.25) is 0 Å². The molecular formula is C13H16N6O. The molecule has 1 saturated heterocycles. The van der Waals surface area contributed by atoms with E-state index in [4.69, 9.17) is 10.5 Å². The number of nitrogens with two attached hydrogens (primary N) is 1. The molecule has 0 spiro atoms. The summed E-state index contributed by atoms with van der Waals surface area (Å²) in [6, 6.07) is 1.76. The molecule has 2 aromatic heterocycles. The van der Waals surface area contributed by atoms with Gasteiger partial charge in [-0.3, -0.25) is 4.98 Å². The summed E-state index contributed by atoms with van der Waals surface area (Å²) in [5.41, 5.74) is 6.58. The lowest BCUT2D eigenvalue weighted by Crippen LogP contribution is -2.39. The van der Waals surface area contributed by atoms with Crippen molar-refractivity contribution in [3.05, 3.63) is 36.2 Å². The standard InChI is InChI=1S/C13H16N6O/c1-9-17-10(6-12(14)18-9)11-8-19(4-5-20-11)13-7-15-2-3-16-13/h2-3,6-7,11H,4-5,8H2,1H3,(H2,14,17,18). The van der Waals surface area contributed by atoms with Crippen molar-refractivity contribution in [2.75, 3.05) is 30.3 Å². The van der Waals surface area contributed by atoms with Gasteiger partial charge in [-0.05, 0) is 6.92 Å². The maximum atomic E-state index is 5.79. The smallest absolute Gasteiger partial charge is 0.147 e. The third-order valence-corrected chi connectivity index (χ3v) is 3.15. The Balaban J connectivity index is 1.81. The van der Waals surface area contributed by atoms with Gasteiger partial charge in [-0.15, -0.1) is 0 Å². The van der Waals surface area contributed by atoms with Crippen LogP contribution in [-0.4, -0.2) is 39.6 Å². The van der Waals surface area contributed by atoms with Gasteiger partial charge in [-0.2, -0.15) is 0 Å². The maximum Gasteiger partial charge on any atom is 0.147 e. The molecule has 3 heterocycles. The zero-order valence-electron chi connectivity index (χ0n) is 11.2.